The largest absolute Gasteiger partial charge is 0.461 e. The predicted molar refractivity (Wildman–Crippen MR) is 86.3 cm³/mol. The van der Waals surface area contributed by atoms with Gasteiger partial charge in [-0.25, -0.2) is 4.79 Å². The highest BCUT2D eigenvalue weighted by molar-refractivity contribution is 6.21. The van der Waals surface area contributed by atoms with E-state index in [1.54, 1.807) is 30.3 Å². The van der Waals surface area contributed by atoms with Crippen LogP contribution in [0.3, 0.4) is 0 Å². The number of carbonyl (C=O) groups excluding carboxylic acids is 3. The van der Waals surface area contributed by atoms with Crippen LogP contribution in [0.4, 0.5) is 0 Å². The van der Waals surface area contributed by atoms with Gasteiger partial charge in [0, 0.05) is 6.08 Å². The number of imide groups is 1. The number of hydrogen-bond acceptors (Lipinski definition) is 4. The summed E-state index contributed by atoms with van der Waals surface area (Å²) in [5.41, 5.74) is 2.07. The highest BCUT2D eigenvalue weighted by Crippen LogP contribution is 2.48. The van der Waals surface area contributed by atoms with Gasteiger partial charge >= 0.3 is 5.97 Å². The molecule has 4 rings (SSSR count). The first-order valence-electron chi connectivity index (χ1n) is 8.48. The van der Waals surface area contributed by atoms with Gasteiger partial charge in [-0.05, 0) is 49.7 Å². The third-order valence-corrected chi connectivity index (χ3v) is 4.82. The second kappa shape index (κ2) is 5.89. The molecule has 1 aromatic carbocycles. The SMILES string of the molecule is O=C(C=C(C1CC1)C1CC1)OCCN1C(=O)c2ccccc2C1=O. The van der Waals surface area contributed by atoms with E-state index >= 15 is 0 Å². The lowest BCUT2D eigenvalue weighted by molar-refractivity contribution is -0.138. The van der Waals surface area contributed by atoms with E-state index < -0.39 is 0 Å². The standard InChI is InChI=1S/C19H19NO4/c21-17(11-16(12-5-6-12)13-7-8-13)24-10-9-20-18(22)14-3-1-2-4-15(14)19(20)23/h1-4,11-13H,5-10H2. The van der Waals surface area contributed by atoms with Crippen LogP contribution in [0.15, 0.2) is 35.9 Å². The molecule has 0 N–H and O–H groups in total. The van der Waals surface area contributed by atoms with Crippen molar-refractivity contribution in [3.63, 3.8) is 0 Å². The number of allylic oxidation sites excluding steroid dienone is 1. The highest BCUT2D eigenvalue weighted by Gasteiger charge is 2.37. The summed E-state index contributed by atoms with van der Waals surface area (Å²) in [6.07, 6.45) is 6.32. The Labute approximate surface area is 140 Å². The van der Waals surface area contributed by atoms with E-state index in [0.29, 0.717) is 23.0 Å². The molecule has 24 heavy (non-hydrogen) atoms. The molecule has 2 saturated carbocycles. The molecular weight excluding hydrogens is 306 g/mol. The van der Waals surface area contributed by atoms with Crippen LogP contribution in [-0.2, 0) is 9.53 Å². The first-order valence-corrected chi connectivity index (χ1v) is 8.48. The Hall–Kier alpha value is -2.43. The third-order valence-electron chi connectivity index (χ3n) is 4.82. The number of ether oxygens (including phenoxy) is 1. The van der Waals surface area contributed by atoms with Crippen molar-refractivity contribution in [2.75, 3.05) is 13.2 Å². The zero-order chi connectivity index (χ0) is 16.7. The number of rotatable bonds is 6. The molecule has 0 unspecified atom stereocenters. The van der Waals surface area contributed by atoms with E-state index in [1.165, 1.54) is 31.3 Å². The number of amides is 2. The first-order chi connectivity index (χ1) is 11.6. The van der Waals surface area contributed by atoms with Crippen molar-refractivity contribution in [2.45, 2.75) is 25.7 Å². The summed E-state index contributed by atoms with van der Waals surface area (Å²) < 4.78 is 5.22. The Kier molecular flexibility index (Phi) is 3.71. The Bertz CT molecular complexity index is 694. The molecule has 0 saturated heterocycles. The van der Waals surface area contributed by atoms with Crippen LogP contribution < -0.4 is 0 Å². The van der Waals surface area contributed by atoms with Gasteiger partial charge in [-0.2, -0.15) is 0 Å². The highest BCUT2D eigenvalue weighted by atomic mass is 16.5. The summed E-state index contributed by atoms with van der Waals surface area (Å²) in [7, 11) is 0. The van der Waals surface area contributed by atoms with Crippen molar-refractivity contribution in [3.8, 4) is 0 Å². The number of fused-ring (bicyclic) bond motifs is 1. The molecule has 0 radical (unpaired) electrons. The van der Waals surface area contributed by atoms with E-state index in [4.69, 9.17) is 4.74 Å². The van der Waals surface area contributed by atoms with Crippen molar-refractivity contribution in [1.29, 1.82) is 0 Å². The molecule has 2 aliphatic carbocycles. The minimum atomic E-state index is -0.361. The van der Waals surface area contributed by atoms with E-state index in [9.17, 15) is 14.4 Å². The average Bonchev–Trinajstić information content (AvgIpc) is 3.48. The molecule has 1 aliphatic heterocycles. The fourth-order valence-corrected chi connectivity index (χ4v) is 3.26. The lowest BCUT2D eigenvalue weighted by Crippen LogP contribution is -2.33. The minimum Gasteiger partial charge on any atom is -0.461 e. The quantitative estimate of drug-likeness (QED) is 0.458. The maximum absolute atomic E-state index is 12.2. The molecule has 2 fully saturated rings. The monoisotopic (exact) mass is 325 g/mol. The summed E-state index contributed by atoms with van der Waals surface area (Å²) in [6.45, 7) is 0.123. The molecule has 124 valence electrons. The Morgan fingerprint density at radius 2 is 1.58 bits per heavy atom. The molecule has 2 amide bonds. The van der Waals surface area contributed by atoms with Crippen molar-refractivity contribution in [2.24, 2.45) is 11.8 Å². The lowest BCUT2D eigenvalue weighted by atomic mass is 10.1. The van der Waals surface area contributed by atoms with Gasteiger partial charge in [0.15, 0.2) is 0 Å². The molecule has 1 aromatic rings. The summed E-state index contributed by atoms with van der Waals surface area (Å²) in [5.74, 6) is 0.140. The van der Waals surface area contributed by atoms with Gasteiger partial charge in [-0.1, -0.05) is 17.7 Å². The number of carbonyl (C=O) groups is 3. The molecule has 5 nitrogen and oxygen atoms in total. The molecule has 1 heterocycles. The first kappa shape index (κ1) is 15.1. The number of nitrogens with zero attached hydrogens (tertiary/aromatic N) is 1. The van der Waals surface area contributed by atoms with E-state index in [2.05, 4.69) is 0 Å². The third kappa shape index (κ3) is 2.86. The summed E-state index contributed by atoms with van der Waals surface area (Å²) in [5, 5.41) is 0. The summed E-state index contributed by atoms with van der Waals surface area (Å²) >= 11 is 0. The molecular formula is C19H19NO4. The minimum absolute atomic E-state index is 0.0312. The molecule has 5 heteroatoms. The van der Waals surface area contributed by atoms with Gasteiger partial charge in [0.1, 0.15) is 6.61 Å². The molecule has 0 atom stereocenters. The summed E-state index contributed by atoms with van der Waals surface area (Å²) in [6, 6.07) is 6.75. The van der Waals surface area contributed by atoms with Crippen LogP contribution in [0.2, 0.25) is 0 Å². The lowest BCUT2D eigenvalue weighted by Gasteiger charge is -2.13. The maximum Gasteiger partial charge on any atom is 0.330 e. The van der Waals surface area contributed by atoms with Crippen LogP contribution in [0.1, 0.15) is 46.4 Å². The molecule has 0 spiro atoms. The second-order valence-electron chi connectivity index (χ2n) is 6.67. The number of esters is 1. The zero-order valence-corrected chi connectivity index (χ0v) is 13.4. The molecule has 0 aromatic heterocycles. The average molecular weight is 325 g/mol. The van der Waals surface area contributed by atoms with Crippen molar-refractivity contribution < 1.29 is 19.1 Å². The number of benzene rings is 1. The Morgan fingerprint density at radius 3 is 2.08 bits per heavy atom. The number of hydrogen-bond donors (Lipinski definition) is 0. The Morgan fingerprint density at radius 1 is 1.04 bits per heavy atom. The van der Waals surface area contributed by atoms with Gasteiger partial charge in [-0.15, -0.1) is 0 Å². The Balaban J connectivity index is 1.33. The summed E-state index contributed by atoms with van der Waals surface area (Å²) in [4.78, 5) is 37.5. The van der Waals surface area contributed by atoms with E-state index in [0.717, 1.165) is 4.90 Å². The second-order valence-corrected chi connectivity index (χ2v) is 6.67. The topological polar surface area (TPSA) is 63.7 Å². The van der Waals surface area contributed by atoms with Crippen LogP contribution in [0.5, 0.6) is 0 Å². The molecule has 0 bridgehead atoms. The van der Waals surface area contributed by atoms with Gasteiger partial charge in [0.05, 0.1) is 17.7 Å². The van der Waals surface area contributed by atoms with Gasteiger partial charge in [0.2, 0.25) is 0 Å². The zero-order valence-electron chi connectivity index (χ0n) is 13.4. The van der Waals surface area contributed by atoms with Crippen molar-refractivity contribution in [1.82, 2.24) is 4.90 Å². The maximum atomic E-state index is 12.2. The van der Waals surface area contributed by atoms with Gasteiger partial charge < -0.3 is 4.74 Å². The fourth-order valence-electron chi connectivity index (χ4n) is 3.26. The fraction of sp³-hybridized carbons (Fsp3) is 0.421. The van der Waals surface area contributed by atoms with E-state index in [-0.39, 0.29) is 30.9 Å². The normalized spacial score (nSPS) is 19.2. The smallest absolute Gasteiger partial charge is 0.330 e. The van der Waals surface area contributed by atoms with E-state index in [1.807, 2.05) is 0 Å². The van der Waals surface area contributed by atoms with Crippen LogP contribution in [0.25, 0.3) is 0 Å². The molecule has 3 aliphatic rings. The van der Waals surface area contributed by atoms with Gasteiger partial charge in [-0.3, -0.25) is 14.5 Å². The van der Waals surface area contributed by atoms with Crippen molar-refractivity contribution >= 4 is 17.8 Å². The van der Waals surface area contributed by atoms with Crippen LogP contribution >= 0.6 is 0 Å². The van der Waals surface area contributed by atoms with Crippen LogP contribution in [-0.4, -0.2) is 35.8 Å². The van der Waals surface area contributed by atoms with Gasteiger partial charge in [0.25, 0.3) is 11.8 Å². The van der Waals surface area contributed by atoms with Crippen LogP contribution in [0, 0.1) is 11.8 Å². The predicted octanol–water partition coefficient (Wildman–Crippen LogP) is 2.57. The van der Waals surface area contributed by atoms with Crippen molar-refractivity contribution in [3.05, 3.63) is 47.0 Å².